The minimum atomic E-state index is -3.55. The zero-order valence-electron chi connectivity index (χ0n) is 9.88. The average Bonchev–Trinajstić information content (AvgIpc) is 2.85. The number of hydrogen-bond donors (Lipinski definition) is 0. The zero-order valence-corrected chi connectivity index (χ0v) is 14.7. The fourth-order valence-corrected chi connectivity index (χ4v) is 4.62. The maximum atomic E-state index is 12.5. The van der Waals surface area contributed by atoms with Crippen molar-refractivity contribution in [3.63, 3.8) is 0 Å². The normalized spacial score (nSPS) is 12.0. The summed E-state index contributed by atoms with van der Waals surface area (Å²) < 4.78 is 27.5. The topological polar surface area (TPSA) is 50.3 Å². The highest BCUT2D eigenvalue weighted by Crippen LogP contribution is 2.28. The first-order valence-electron chi connectivity index (χ1n) is 5.19. The number of halogens is 2. The van der Waals surface area contributed by atoms with Crippen molar-refractivity contribution in [2.45, 2.75) is 11.4 Å². The Morgan fingerprint density at radius 2 is 2.11 bits per heavy atom. The molecule has 0 amide bonds. The molecule has 102 valence electrons. The lowest BCUT2D eigenvalue weighted by atomic mass is 10.4. The monoisotopic (exact) mass is 424 g/mol. The molecule has 0 unspecified atom stereocenters. The van der Waals surface area contributed by atoms with E-state index in [0.29, 0.717) is 4.47 Å². The molecule has 0 spiro atoms. The highest BCUT2D eigenvalue weighted by Gasteiger charge is 2.24. The summed E-state index contributed by atoms with van der Waals surface area (Å²) in [7, 11) is -2.00. The van der Waals surface area contributed by atoms with Gasteiger partial charge in [0.2, 0.25) is 10.0 Å². The first-order chi connectivity index (χ1) is 8.91. The van der Waals surface area contributed by atoms with Crippen molar-refractivity contribution in [3.8, 4) is 0 Å². The van der Waals surface area contributed by atoms with Crippen LogP contribution in [0.3, 0.4) is 0 Å². The predicted molar refractivity (Wildman–Crippen MR) is 82.6 cm³/mol. The van der Waals surface area contributed by atoms with Crippen LogP contribution in [0.5, 0.6) is 0 Å². The van der Waals surface area contributed by atoms with Crippen molar-refractivity contribution < 1.29 is 8.42 Å². The number of aromatic nitrogens is 1. The van der Waals surface area contributed by atoms with Gasteiger partial charge in [0.1, 0.15) is 0 Å². The molecule has 0 saturated carbocycles. The quantitative estimate of drug-likeness (QED) is 0.753. The Balaban J connectivity index is 2.33. The molecule has 0 aliphatic rings. The third-order valence-corrected chi connectivity index (χ3v) is 6.38. The van der Waals surface area contributed by atoms with E-state index >= 15 is 0 Å². The molecule has 0 radical (unpaired) electrons. The summed E-state index contributed by atoms with van der Waals surface area (Å²) in [5, 5.41) is 1.84. The van der Waals surface area contributed by atoms with E-state index in [9.17, 15) is 8.42 Å². The molecule has 0 fully saturated rings. The highest BCUT2D eigenvalue weighted by molar-refractivity contribution is 9.11. The van der Waals surface area contributed by atoms with Crippen LogP contribution in [0.1, 0.15) is 5.69 Å². The Kier molecular flexibility index (Phi) is 4.78. The standard InChI is InChI=1S/C11H10Br2N2O2S2/c1-15(5-9-6-18-7-14-9)19(16,17)11-4-8(12)2-3-10(11)13/h2-4,6-7H,5H2,1H3. The van der Waals surface area contributed by atoms with Crippen molar-refractivity contribution in [3.05, 3.63) is 43.7 Å². The molecule has 0 atom stereocenters. The lowest BCUT2D eigenvalue weighted by molar-refractivity contribution is 0.462. The molecule has 0 saturated heterocycles. The third-order valence-electron chi connectivity index (χ3n) is 2.45. The van der Waals surface area contributed by atoms with Gasteiger partial charge in [0.25, 0.3) is 0 Å². The van der Waals surface area contributed by atoms with Crippen molar-refractivity contribution in [2.75, 3.05) is 7.05 Å². The van der Waals surface area contributed by atoms with Crippen LogP contribution in [0.15, 0.2) is 42.9 Å². The Labute approximate surface area is 132 Å². The van der Waals surface area contributed by atoms with E-state index in [0.717, 1.165) is 10.2 Å². The first-order valence-corrected chi connectivity index (χ1v) is 9.16. The van der Waals surface area contributed by atoms with Gasteiger partial charge >= 0.3 is 0 Å². The number of hydrogen-bond acceptors (Lipinski definition) is 4. The first kappa shape index (κ1) is 15.1. The molecule has 0 aliphatic heterocycles. The summed E-state index contributed by atoms with van der Waals surface area (Å²) >= 11 is 8.00. The summed E-state index contributed by atoms with van der Waals surface area (Å²) in [5.41, 5.74) is 2.42. The molecule has 4 nitrogen and oxygen atoms in total. The molecule has 2 rings (SSSR count). The summed E-state index contributed by atoms with van der Waals surface area (Å²) in [4.78, 5) is 4.33. The van der Waals surface area contributed by atoms with Crippen molar-refractivity contribution in [1.82, 2.24) is 9.29 Å². The minimum absolute atomic E-state index is 0.236. The number of thiazole rings is 1. The van der Waals surface area contributed by atoms with Crippen molar-refractivity contribution in [1.29, 1.82) is 0 Å². The molecule has 0 N–H and O–H groups in total. The summed E-state index contributed by atoms with van der Waals surface area (Å²) in [6, 6.07) is 5.06. The van der Waals surface area contributed by atoms with Gasteiger partial charge in [-0.05, 0) is 34.1 Å². The average molecular weight is 426 g/mol. The summed E-state index contributed by atoms with van der Waals surface area (Å²) in [5.74, 6) is 0. The Morgan fingerprint density at radius 3 is 2.74 bits per heavy atom. The molecular formula is C11H10Br2N2O2S2. The van der Waals surface area contributed by atoms with Gasteiger partial charge in [0, 0.05) is 21.4 Å². The largest absolute Gasteiger partial charge is 0.248 e. The van der Waals surface area contributed by atoms with E-state index in [1.54, 1.807) is 30.8 Å². The molecule has 1 aromatic carbocycles. The van der Waals surface area contributed by atoms with Gasteiger partial charge in [0.15, 0.2) is 0 Å². The fourth-order valence-electron chi connectivity index (χ4n) is 1.47. The lowest BCUT2D eigenvalue weighted by Crippen LogP contribution is -2.27. The molecule has 1 heterocycles. The van der Waals surface area contributed by atoms with E-state index in [-0.39, 0.29) is 11.4 Å². The minimum Gasteiger partial charge on any atom is -0.248 e. The summed E-state index contributed by atoms with van der Waals surface area (Å²) in [6.07, 6.45) is 0. The Morgan fingerprint density at radius 1 is 1.37 bits per heavy atom. The predicted octanol–water partition coefficient (Wildman–Crippen LogP) is 3.49. The highest BCUT2D eigenvalue weighted by atomic mass is 79.9. The van der Waals surface area contributed by atoms with Crippen LogP contribution in [-0.4, -0.2) is 24.8 Å². The second-order valence-electron chi connectivity index (χ2n) is 3.82. The van der Waals surface area contributed by atoms with Crippen LogP contribution in [0.4, 0.5) is 0 Å². The SMILES string of the molecule is CN(Cc1cscn1)S(=O)(=O)c1cc(Br)ccc1Br. The van der Waals surface area contributed by atoms with Crippen molar-refractivity contribution >= 4 is 53.2 Å². The lowest BCUT2D eigenvalue weighted by Gasteiger charge is -2.17. The van der Waals surface area contributed by atoms with Crippen molar-refractivity contribution in [2.24, 2.45) is 0 Å². The second kappa shape index (κ2) is 6.01. The van der Waals surface area contributed by atoms with Crippen LogP contribution in [-0.2, 0) is 16.6 Å². The molecule has 0 bridgehead atoms. The maximum absolute atomic E-state index is 12.5. The fraction of sp³-hybridized carbons (Fsp3) is 0.182. The van der Waals surface area contributed by atoms with Gasteiger partial charge in [-0.2, -0.15) is 4.31 Å². The van der Waals surface area contributed by atoms with Crippen LogP contribution in [0, 0.1) is 0 Å². The second-order valence-corrected chi connectivity index (χ2v) is 8.32. The molecular weight excluding hydrogens is 416 g/mol. The molecule has 1 aromatic heterocycles. The summed E-state index contributed by atoms with van der Waals surface area (Å²) in [6.45, 7) is 0.255. The van der Waals surface area contributed by atoms with Gasteiger partial charge in [-0.3, -0.25) is 0 Å². The van der Waals surface area contributed by atoms with Gasteiger partial charge in [0.05, 0.1) is 22.6 Å². The van der Waals surface area contributed by atoms with Crippen LogP contribution in [0.25, 0.3) is 0 Å². The number of nitrogens with zero attached hydrogens (tertiary/aromatic N) is 2. The van der Waals surface area contributed by atoms with E-state index < -0.39 is 10.0 Å². The molecule has 0 aliphatic carbocycles. The molecule has 2 aromatic rings. The Bertz CT molecular complexity index is 672. The molecule has 8 heteroatoms. The smallest absolute Gasteiger partial charge is 0.244 e. The van der Waals surface area contributed by atoms with Gasteiger partial charge in [-0.15, -0.1) is 11.3 Å². The maximum Gasteiger partial charge on any atom is 0.244 e. The number of sulfonamides is 1. The van der Waals surface area contributed by atoms with Gasteiger partial charge in [-0.1, -0.05) is 15.9 Å². The van der Waals surface area contributed by atoms with Crippen LogP contribution >= 0.6 is 43.2 Å². The third kappa shape index (κ3) is 3.43. The zero-order chi connectivity index (χ0) is 14.0. The van der Waals surface area contributed by atoms with E-state index in [1.807, 2.05) is 5.38 Å². The van der Waals surface area contributed by atoms with E-state index in [1.165, 1.54) is 15.6 Å². The van der Waals surface area contributed by atoms with Gasteiger partial charge < -0.3 is 0 Å². The Hall–Kier alpha value is -0.280. The number of rotatable bonds is 4. The van der Waals surface area contributed by atoms with Crippen LogP contribution < -0.4 is 0 Å². The molecule has 19 heavy (non-hydrogen) atoms. The number of benzene rings is 1. The van der Waals surface area contributed by atoms with Crippen LogP contribution in [0.2, 0.25) is 0 Å². The van der Waals surface area contributed by atoms with Gasteiger partial charge in [-0.25, -0.2) is 13.4 Å². The van der Waals surface area contributed by atoms with E-state index in [4.69, 9.17) is 0 Å². The van der Waals surface area contributed by atoms with E-state index in [2.05, 4.69) is 36.8 Å².